The third kappa shape index (κ3) is 4.69. The van der Waals surface area contributed by atoms with Crippen LogP contribution in [0.4, 0.5) is 0 Å². The molecule has 3 aromatic heterocycles. The molecule has 1 saturated heterocycles. The van der Waals surface area contributed by atoms with Crippen molar-refractivity contribution in [2.75, 3.05) is 19.7 Å². The number of piperidine rings is 1. The second-order valence-corrected chi connectivity index (χ2v) is 10.2. The third-order valence-corrected chi connectivity index (χ3v) is 8.03. The van der Waals surface area contributed by atoms with Gasteiger partial charge in [-0.2, -0.15) is 0 Å². The van der Waals surface area contributed by atoms with Crippen molar-refractivity contribution in [1.82, 2.24) is 19.0 Å². The van der Waals surface area contributed by atoms with Crippen molar-refractivity contribution >= 4 is 44.5 Å². The van der Waals surface area contributed by atoms with Crippen LogP contribution in [0.15, 0.2) is 64.1 Å². The number of carbonyl (C=O) groups excluding carboxylic acids is 1. The summed E-state index contributed by atoms with van der Waals surface area (Å²) in [5.74, 6) is 1.14. The van der Waals surface area contributed by atoms with Crippen LogP contribution in [0.1, 0.15) is 36.4 Å². The predicted molar refractivity (Wildman–Crippen MR) is 135 cm³/mol. The van der Waals surface area contributed by atoms with Gasteiger partial charge in [0.15, 0.2) is 6.61 Å². The summed E-state index contributed by atoms with van der Waals surface area (Å²) in [4.78, 5) is 37.9. The Morgan fingerprint density at radius 1 is 1.21 bits per heavy atom. The summed E-state index contributed by atoms with van der Waals surface area (Å²) < 4.78 is 4.83. The van der Waals surface area contributed by atoms with Crippen LogP contribution in [0.25, 0.3) is 10.2 Å². The predicted octanol–water partition coefficient (Wildman–Crippen LogP) is 3.97. The molecule has 0 radical (unpaired) electrons. The van der Waals surface area contributed by atoms with E-state index >= 15 is 0 Å². The van der Waals surface area contributed by atoms with Gasteiger partial charge >= 0.3 is 4.87 Å². The average Bonchev–Trinajstić information content (AvgIpc) is 3.60. The molecular weight excluding hydrogens is 470 g/mol. The van der Waals surface area contributed by atoms with Crippen molar-refractivity contribution in [1.29, 1.82) is 0 Å². The minimum atomic E-state index is -0.0594. The fraction of sp³-hybridized carbons (Fsp3) is 0.333. The van der Waals surface area contributed by atoms with Crippen molar-refractivity contribution in [3.05, 3.63) is 74.5 Å². The number of likely N-dealkylation sites (tertiary alicyclic amines) is 1. The first kappa shape index (κ1) is 22.5. The summed E-state index contributed by atoms with van der Waals surface area (Å²) in [5.41, 5.74) is 1.71. The highest BCUT2D eigenvalue weighted by molar-refractivity contribution is 7.16. The summed E-state index contributed by atoms with van der Waals surface area (Å²) >= 11 is 2.85. The van der Waals surface area contributed by atoms with Gasteiger partial charge in [-0.25, -0.2) is 4.98 Å². The van der Waals surface area contributed by atoms with Crippen LogP contribution in [0.2, 0.25) is 0 Å². The van der Waals surface area contributed by atoms with Gasteiger partial charge in [-0.1, -0.05) is 34.7 Å². The minimum absolute atomic E-state index is 0.0261. The Labute approximate surface area is 204 Å². The molecule has 1 amide bonds. The molecule has 1 aromatic carbocycles. The number of amides is 1. The molecule has 0 N–H and O–H groups in total. The van der Waals surface area contributed by atoms with Crippen LogP contribution in [0.5, 0.6) is 0 Å². The Bertz CT molecular complexity index is 1360. The number of imidazole rings is 1. The number of benzene rings is 1. The molecule has 4 aromatic rings. The number of oxime groups is 1. The fourth-order valence-corrected chi connectivity index (χ4v) is 5.85. The summed E-state index contributed by atoms with van der Waals surface area (Å²) in [7, 11) is 0. The highest BCUT2D eigenvalue weighted by Crippen LogP contribution is 2.27. The molecule has 0 aliphatic carbocycles. The first-order chi connectivity index (χ1) is 16.6. The van der Waals surface area contributed by atoms with Crippen LogP contribution in [0, 0.1) is 0 Å². The van der Waals surface area contributed by atoms with E-state index in [4.69, 9.17) is 4.84 Å². The van der Waals surface area contributed by atoms with E-state index in [-0.39, 0.29) is 23.3 Å². The summed E-state index contributed by atoms with van der Waals surface area (Å²) in [6, 6.07) is 11.8. The number of hydrogen-bond acceptors (Lipinski definition) is 7. The van der Waals surface area contributed by atoms with Gasteiger partial charge in [-0.15, -0.1) is 11.3 Å². The molecule has 1 fully saturated rings. The molecule has 0 spiro atoms. The first-order valence-electron chi connectivity index (χ1n) is 11.2. The van der Waals surface area contributed by atoms with E-state index in [9.17, 15) is 9.59 Å². The third-order valence-electron chi connectivity index (χ3n) is 6.10. The topological polar surface area (TPSA) is 81.7 Å². The Balaban J connectivity index is 1.18. The van der Waals surface area contributed by atoms with Gasteiger partial charge < -0.3 is 14.3 Å². The molecule has 176 valence electrons. The van der Waals surface area contributed by atoms with Crippen molar-refractivity contribution in [3.63, 3.8) is 0 Å². The molecule has 1 aliphatic heterocycles. The lowest BCUT2D eigenvalue weighted by atomic mass is 9.96. The second kappa shape index (κ2) is 9.94. The lowest BCUT2D eigenvalue weighted by Crippen LogP contribution is -2.40. The van der Waals surface area contributed by atoms with E-state index < -0.39 is 0 Å². The zero-order chi connectivity index (χ0) is 23.5. The maximum Gasteiger partial charge on any atom is 0.309 e. The van der Waals surface area contributed by atoms with Crippen LogP contribution in [0.3, 0.4) is 0 Å². The van der Waals surface area contributed by atoms with Crippen molar-refractivity contribution in [2.45, 2.75) is 32.4 Å². The number of nitrogens with zero attached hydrogens (tertiary/aromatic N) is 5. The van der Waals surface area contributed by atoms with E-state index in [1.165, 1.54) is 11.3 Å². The summed E-state index contributed by atoms with van der Waals surface area (Å²) in [6.45, 7) is 3.54. The van der Waals surface area contributed by atoms with Crippen molar-refractivity contribution < 1.29 is 9.63 Å². The van der Waals surface area contributed by atoms with E-state index in [2.05, 4.69) is 10.1 Å². The Hall–Kier alpha value is -3.24. The maximum atomic E-state index is 12.6. The molecule has 10 heteroatoms. The number of carbonyl (C=O) groups is 1. The molecule has 5 rings (SSSR count). The normalized spacial score (nSPS) is 15.2. The van der Waals surface area contributed by atoms with Gasteiger partial charge in [-0.05, 0) is 43.3 Å². The molecule has 0 saturated carbocycles. The lowest BCUT2D eigenvalue weighted by Gasteiger charge is -2.31. The molecule has 8 nitrogen and oxygen atoms in total. The number of thiophene rings is 1. The zero-order valence-corrected chi connectivity index (χ0v) is 20.4. The lowest BCUT2D eigenvalue weighted by molar-refractivity contribution is -0.137. The van der Waals surface area contributed by atoms with Crippen LogP contribution >= 0.6 is 22.7 Å². The van der Waals surface area contributed by atoms with Crippen LogP contribution in [-0.2, 0) is 16.3 Å². The Morgan fingerprint density at radius 2 is 2.03 bits per heavy atom. The van der Waals surface area contributed by atoms with Crippen LogP contribution < -0.4 is 4.87 Å². The van der Waals surface area contributed by atoms with E-state index in [0.29, 0.717) is 19.8 Å². The highest BCUT2D eigenvalue weighted by Gasteiger charge is 2.27. The minimum Gasteiger partial charge on any atom is -0.385 e. The van der Waals surface area contributed by atoms with Gasteiger partial charge in [0.05, 0.1) is 20.8 Å². The summed E-state index contributed by atoms with van der Waals surface area (Å²) in [5, 5.41) is 6.05. The van der Waals surface area contributed by atoms with E-state index in [1.807, 2.05) is 64.4 Å². The number of para-hydroxylation sites is 1. The molecule has 34 heavy (non-hydrogen) atoms. The number of aromatic nitrogens is 3. The zero-order valence-electron chi connectivity index (χ0n) is 18.8. The smallest absolute Gasteiger partial charge is 0.309 e. The van der Waals surface area contributed by atoms with Gasteiger partial charge in [0.1, 0.15) is 12.5 Å². The SMILES string of the molecule is CC(=NOCC(=O)N1CCC(c2nccn2Cn2c(=O)sc3ccccc32)CC1)c1cccs1. The average molecular weight is 496 g/mol. The first-order valence-corrected chi connectivity index (χ1v) is 12.9. The standard InChI is InChI=1S/C24H25N5O3S2/c1-17(20-7-4-14-33-20)26-32-15-22(30)27-11-8-18(9-12-27)23-25-10-13-28(23)16-29-19-5-2-3-6-21(19)34-24(29)31/h2-7,10,13-14,18H,8-9,11-12,15-16H2,1H3. The van der Waals surface area contributed by atoms with Crippen molar-refractivity contribution in [2.24, 2.45) is 5.16 Å². The van der Waals surface area contributed by atoms with Gasteiger partial charge in [0, 0.05) is 31.4 Å². The molecule has 4 heterocycles. The van der Waals surface area contributed by atoms with Crippen LogP contribution in [-0.4, -0.2) is 50.3 Å². The quantitative estimate of drug-likeness (QED) is 0.287. The molecule has 0 bridgehead atoms. The molecule has 1 aliphatic rings. The largest absolute Gasteiger partial charge is 0.385 e. The Kier molecular flexibility index (Phi) is 6.59. The second-order valence-electron chi connectivity index (χ2n) is 8.24. The van der Waals surface area contributed by atoms with Gasteiger partial charge in [0.25, 0.3) is 5.91 Å². The monoisotopic (exact) mass is 495 g/mol. The number of hydrogen-bond donors (Lipinski definition) is 0. The fourth-order valence-electron chi connectivity index (χ4n) is 4.29. The Morgan fingerprint density at radius 3 is 2.82 bits per heavy atom. The summed E-state index contributed by atoms with van der Waals surface area (Å²) in [6.07, 6.45) is 5.35. The molecule has 0 unspecified atom stereocenters. The molecular formula is C24H25N5O3S2. The number of rotatable bonds is 7. The highest BCUT2D eigenvalue weighted by atomic mass is 32.1. The van der Waals surface area contributed by atoms with Gasteiger partial charge in [-0.3, -0.25) is 14.2 Å². The van der Waals surface area contributed by atoms with Crippen molar-refractivity contribution in [3.8, 4) is 0 Å². The van der Waals surface area contributed by atoms with E-state index in [0.717, 1.165) is 39.5 Å². The molecule has 0 atom stereocenters. The number of thiazole rings is 1. The van der Waals surface area contributed by atoms with E-state index in [1.54, 1.807) is 22.1 Å². The van der Waals surface area contributed by atoms with Gasteiger partial charge in [0.2, 0.25) is 0 Å². The maximum absolute atomic E-state index is 12.6. The number of fused-ring (bicyclic) bond motifs is 1.